The molecule has 1 aliphatic heterocycles. The molecule has 0 N–H and O–H groups in total. The van der Waals surface area contributed by atoms with Crippen LogP contribution < -0.4 is 4.90 Å². The van der Waals surface area contributed by atoms with Gasteiger partial charge in [-0.2, -0.15) is 0 Å². The standard InChI is InChI=1S/C18H20NO4P/c1-19(14-9-5-4-6-10-14)18-16-12-8-7-11-15(16)17(13-23-18)24(20,21-2)22-3/h4-13,18H,1-3H3. The van der Waals surface area contributed by atoms with Crippen molar-refractivity contribution in [3.8, 4) is 0 Å². The van der Waals surface area contributed by atoms with Crippen LogP contribution in [0.4, 0.5) is 5.69 Å². The topological polar surface area (TPSA) is 48.0 Å². The molecule has 0 fully saturated rings. The van der Waals surface area contributed by atoms with Crippen molar-refractivity contribution in [1.29, 1.82) is 0 Å². The SMILES string of the molecule is COP(=O)(OC)C1=COC(N(C)c2ccccc2)c2ccccc21. The van der Waals surface area contributed by atoms with Gasteiger partial charge in [0, 0.05) is 38.1 Å². The van der Waals surface area contributed by atoms with Crippen molar-refractivity contribution in [1.82, 2.24) is 0 Å². The van der Waals surface area contributed by atoms with Crippen LogP contribution in [0.5, 0.6) is 0 Å². The molecule has 0 saturated heterocycles. The van der Waals surface area contributed by atoms with Crippen LogP contribution in [0, 0.1) is 0 Å². The predicted molar refractivity (Wildman–Crippen MR) is 94.7 cm³/mol. The average Bonchev–Trinajstić information content (AvgIpc) is 2.66. The summed E-state index contributed by atoms with van der Waals surface area (Å²) in [6, 6.07) is 17.6. The Labute approximate surface area is 142 Å². The lowest BCUT2D eigenvalue weighted by Crippen LogP contribution is -2.28. The summed E-state index contributed by atoms with van der Waals surface area (Å²) in [6.07, 6.45) is 1.16. The number of hydrogen-bond acceptors (Lipinski definition) is 5. The first kappa shape index (κ1) is 16.8. The summed E-state index contributed by atoms with van der Waals surface area (Å²) in [5, 5.41) is 0.431. The molecule has 2 aromatic rings. The van der Waals surface area contributed by atoms with Crippen LogP contribution in [0.3, 0.4) is 0 Å². The largest absolute Gasteiger partial charge is 0.473 e. The first-order valence-corrected chi connectivity index (χ1v) is 9.10. The Kier molecular flexibility index (Phi) is 4.76. The van der Waals surface area contributed by atoms with Crippen LogP contribution in [0.2, 0.25) is 0 Å². The molecule has 24 heavy (non-hydrogen) atoms. The minimum absolute atomic E-state index is 0.325. The molecule has 2 aromatic carbocycles. The van der Waals surface area contributed by atoms with Gasteiger partial charge in [0.2, 0.25) is 0 Å². The van der Waals surface area contributed by atoms with Crippen molar-refractivity contribution >= 4 is 18.6 Å². The summed E-state index contributed by atoms with van der Waals surface area (Å²) in [5.74, 6) is 0. The van der Waals surface area contributed by atoms with Crippen molar-refractivity contribution in [2.75, 3.05) is 26.2 Å². The third-order valence-corrected chi connectivity index (χ3v) is 6.00. The highest BCUT2D eigenvalue weighted by molar-refractivity contribution is 7.65. The van der Waals surface area contributed by atoms with Crippen molar-refractivity contribution < 1.29 is 18.3 Å². The Morgan fingerprint density at radius 2 is 1.62 bits per heavy atom. The molecule has 0 spiro atoms. The summed E-state index contributed by atoms with van der Waals surface area (Å²) < 4.78 is 29.0. The molecule has 0 aliphatic carbocycles. The molecule has 0 saturated carbocycles. The maximum atomic E-state index is 12.8. The van der Waals surface area contributed by atoms with E-state index < -0.39 is 7.60 Å². The monoisotopic (exact) mass is 345 g/mol. The molecule has 1 heterocycles. The minimum atomic E-state index is -3.40. The van der Waals surface area contributed by atoms with Crippen LogP contribution >= 0.6 is 7.60 Å². The third kappa shape index (κ3) is 2.86. The van der Waals surface area contributed by atoms with Crippen molar-refractivity contribution in [3.05, 3.63) is 72.0 Å². The van der Waals surface area contributed by atoms with Gasteiger partial charge in [-0.25, -0.2) is 0 Å². The number of fused-ring (bicyclic) bond motifs is 1. The average molecular weight is 345 g/mol. The van der Waals surface area contributed by atoms with Crippen LogP contribution in [0.25, 0.3) is 5.31 Å². The summed E-state index contributed by atoms with van der Waals surface area (Å²) in [5.41, 5.74) is 2.75. The quantitative estimate of drug-likeness (QED) is 0.739. The lowest BCUT2D eigenvalue weighted by molar-refractivity contribution is 0.143. The highest BCUT2D eigenvalue weighted by Gasteiger charge is 2.36. The third-order valence-electron chi connectivity index (χ3n) is 4.10. The van der Waals surface area contributed by atoms with Gasteiger partial charge in [-0.1, -0.05) is 42.5 Å². The molecule has 5 nitrogen and oxygen atoms in total. The number of rotatable bonds is 5. The van der Waals surface area contributed by atoms with E-state index in [0.29, 0.717) is 5.31 Å². The summed E-state index contributed by atoms with van der Waals surface area (Å²) in [4.78, 5) is 2.02. The second-order valence-electron chi connectivity index (χ2n) is 5.39. The highest BCUT2D eigenvalue weighted by Crippen LogP contribution is 2.61. The Balaban J connectivity index is 2.04. The zero-order valence-electron chi connectivity index (χ0n) is 13.9. The Bertz CT molecular complexity index is 783. The highest BCUT2D eigenvalue weighted by atomic mass is 31.2. The molecule has 0 radical (unpaired) electrons. The van der Waals surface area contributed by atoms with Crippen molar-refractivity contribution in [3.63, 3.8) is 0 Å². The van der Waals surface area contributed by atoms with E-state index in [4.69, 9.17) is 13.8 Å². The second-order valence-corrected chi connectivity index (χ2v) is 7.59. The number of ether oxygens (including phenoxy) is 1. The van der Waals surface area contributed by atoms with Crippen molar-refractivity contribution in [2.24, 2.45) is 0 Å². The number of anilines is 1. The molecule has 1 unspecified atom stereocenters. The smallest absolute Gasteiger partial charge is 0.364 e. The maximum absolute atomic E-state index is 12.8. The first-order valence-electron chi connectivity index (χ1n) is 7.55. The van der Waals surface area contributed by atoms with E-state index in [0.717, 1.165) is 16.8 Å². The van der Waals surface area contributed by atoms with E-state index in [2.05, 4.69) is 0 Å². The molecular formula is C18H20NO4P. The Hall–Kier alpha value is -2.07. The van der Waals surface area contributed by atoms with E-state index >= 15 is 0 Å². The molecule has 1 aliphatic rings. The van der Waals surface area contributed by atoms with Gasteiger partial charge in [-0.15, -0.1) is 0 Å². The van der Waals surface area contributed by atoms with Crippen LogP contribution in [0.15, 0.2) is 60.9 Å². The molecule has 126 valence electrons. The summed E-state index contributed by atoms with van der Waals surface area (Å²) >= 11 is 0. The molecule has 0 amide bonds. The van der Waals surface area contributed by atoms with Gasteiger partial charge >= 0.3 is 7.60 Å². The zero-order chi connectivity index (χ0) is 17.2. The molecule has 0 bridgehead atoms. The van der Waals surface area contributed by atoms with E-state index in [1.54, 1.807) is 0 Å². The Morgan fingerprint density at radius 3 is 2.29 bits per heavy atom. The molecule has 0 aromatic heterocycles. The molecule has 3 rings (SSSR count). The zero-order valence-corrected chi connectivity index (χ0v) is 14.8. The lowest BCUT2D eigenvalue weighted by atomic mass is 10.0. The van der Waals surface area contributed by atoms with Crippen molar-refractivity contribution in [2.45, 2.75) is 6.23 Å². The fourth-order valence-corrected chi connectivity index (χ4v) is 4.02. The fraction of sp³-hybridized carbons (Fsp3) is 0.222. The number of nitrogens with zero attached hydrogens (tertiary/aromatic N) is 1. The van der Waals surface area contributed by atoms with E-state index in [1.165, 1.54) is 20.5 Å². The van der Waals surface area contributed by atoms with Gasteiger partial charge in [-0.05, 0) is 12.1 Å². The van der Waals surface area contributed by atoms with E-state index in [-0.39, 0.29) is 6.23 Å². The Morgan fingerprint density at radius 1 is 1.00 bits per heavy atom. The van der Waals surface area contributed by atoms with Gasteiger partial charge < -0.3 is 18.7 Å². The van der Waals surface area contributed by atoms with Gasteiger partial charge in [0.15, 0.2) is 6.23 Å². The van der Waals surface area contributed by atoms with Gasteiger partial charge in [0.25, 0.3) is 0 Å². The summed E-state index contributed by atoms with van der Waals surface area (Å²) in [7, 11) is 1.30. The second kappa shape index (κ2) is 6.81. The molecule has 6 heteroatoms. The van der Waals surface area contributed by atoms with Crippen LogP contribution in [-0.4, -0.2) is 21.3 Å². The predicted octanol–water partition coefficient (Wildman–Crippen LogP) is 4.64. The van der Waals surface area contributed by atoms with Gasteiger partial charge in [0.1, 0.15) is 11.6 Å². The number of para-hydroxylation sites is 1. The van der Waals surface area contributed by atoms with Gasteiger partial charge in [-0.3, -0.25) is 4.57 Å². The van der Waals surface area contributed by atoms with Crippen LogP contribution in [0.1, 0.15) is 17.4 Å². The summed E-state index contributed by atoms with van der Waals surface area (Å²) in [6.45, 7) is 0. The van der Waals surface area contributed by atoms with E-state index in [1.807, 2.05) is 66.5 Å². The van der Waals surface area contributed by atoms with E-state index in [9.17, 15) is 4.57 Å². The minimum Gasteiger partial charge on any atom is -0.473 e. The fourth-order valence-electron chi connectivity index (χ4n) is 2.79. The number of benzene rings is 2. The van der Waals surface area contributed by atoms with Crippen LogP contribution in [-0.2, 0) is 18.3 Å². The first-order chi connectivity index (χ1) is 11.6. The lowest BCUT2D eigenvalue weighted by Gasteiger charge is -2.34. The molecular weight excluding hydrogens is 325 g/mol. The maximum Gasteiger partial charge on any atom is 0.364 e. The van der Waals surface area contributed by atoms with Gasteiger partial charge in [0.05, 0.1) is 0 Å². The normalized spacial score (nSPS) is 16.8. The number of hydrogen-bond donors (Lipinski definition) is 0. The molecule has 1 atom stereocenters.